The van der Waals surface area contributed by atoms with E-state index in [9.17, 15) is 10.2 Å². The molecule has 2 rings (SSSR count). The summed E-state index contributed by atoms with van der Waals surface area (Å²) < 4.78 is 5.30. The van der Waals surface area contributed by atoms with Crippen molar-refractivity contribution in [2.75, 3.05) is 13.2 Å². The Kier molecular flexibility index (Phi) is 3.42. The molecule has 14 heavy (non-hydrogen) atoms. The number of hydrogen-bond acceptors (Lipinski definition) is 3. The van der Waals surface area contributed by atoms with Gasteiger partial charge in [0.1, 0.15) is 0 Å². The summed E-state index contributed by atoms with van der Waals surface area (Å²) in [4.78, 5) is 0. The van der Waals surface area contributed by atoms with Crippen molar-refractivity contribution in [3.05, 3.63) is 0 Å². The van der Waals surface area contributed by atoms with Crippen LogP contribution in [-0.2, 0) is 4.74 Å². The highest BCUT2D eigenvalue weighted by molar-refractivity contribution is 4.84. The lowest BCUT2D eigenvalue weighted by molar-refractivity contribution is -0.140. The van der Waals surface area contributed by atoms with Gasteiger partial charge in [-0.25, -0.2) is 0 Å². The average molecular weight is 200 g/mol. The standard InChI is InChI=1S/C11H20O3/c12-11(13)10(8-2-1-3-8)9-4-6-14-7-5-9/h8-13H,1-7H2. The van der Waals surface area contributed by atoms with Gasteiger partial charge in [0.25, 0.3) is 0 Å². The van der Waals surface area contributed by atoms with E-state index in [1.807, 2.05) is 0 Å². The highest BCUT2D eigenvalue weighted by atomic mass is 16.5. The maximum Gasteiger partial charge on any atom is 0.154 e. The van der Waals surface area contributed by atoms with Crippen molar-refractivity contribution in [3.63, 3.8) is 0 Å². The SMILES string of the molecule is OC(O)C(C1CCC1)C1CCOCC1. The van der Waals surface area contributed by atoms with Crippen molar-refractivity contribution in [2.24, 2.45) is 17.8 Å². The van der Waals surface area contributed by atoms with Crippen LogP contribution in [0.2, 0.25) is 0 Å². The third-order valence-electron chi connectivity index (χ3n) is 3.85. The fraction of sp³-hybridized carbons (Fsp3) is 1.00. The zero-order valence-electron chi connectivity index (χ0n) is 8.56. The molecule has 0 radical (unpaired) electrons. The van der Waals surface area contributed by atoms with Crippen molar-refractivity contribution in [2.45, 2.75) is 38.4 Å². The van der Waals surface area contributed by atoms with Crippen LogP contribution < -0.4 is 0 Å². The zero-order valence-corrected chi connectivity index (χ0v) is 8.56. The van der Waals surface area contributed by atoms with Gasteiger partial charge in [-0.3, -0.25) is 0 Å². The maximum atomic E-state index is 9.41. The molecule has 0 amide bonds. The molecule has 2 aliphatic rings. The van der Waals surface area contributed by atoms with Gasteiger partial charge in [-0.15, -0.1) is 0 Å². The first-order valence-corrected chi connectivity index (χ1v) is 5.73. The summed E-state index contributed by atoms with van der Waals surface area (Å²) in [6.07, 6.45) is 4.50. The summed E-state index contributed by atoms with van der Waals surface area (Å²) in [5.41, 5.74) is 0. The normalized spacial score (nSPS) is 27.6. The number of rotatable bonds is 3. The minimum atomic E-state index is -1.12. The van der Waals surface area contributed by atoms with Crippen LogP contribution in [0.5, 0.6) is 0 Å². The molecule has 1 heterocycles. The van der Waals surface area contributed by atoms with Gasteiger partial charge < -0.3 is 14.9 Å². The van der Waals surface area contributed by atoms with Crippen LogP contribution in [0, 0.1) is 17.8 Å². The smallest absolute Gasteiger partial charge is 0.154 e. The van der Waals surface area contributed by atoms with Gasteiger partial charge in [0.15, 0.2) is 6.29 Å². The van der Waals surface area contributed by atoms with Gasteiger partial charge in [0.05, 0.1) is 0 Å². The van der Waals surface area contributed by atoms with Gasteiger partial charge in [0, 0.05) is 19.1 Å². The topological polar surface area (TPSA) is 49.7 Å². The Morgan fingerprint density at radius 2 is 1.50 bits per heavy atom. The number of aliphatic hydroxyl groups is 2. The number of hydrogen-bond donors (Lipinski definition) is 2. The third kappa shape index (κ3) is 2.10. The van der Waals surface area contributed by atoms with Crippen molar-refractivity contribution in [3.8, 4) is 0 Å². The van der Waals surface area contributed by atoms with Crippen LogP contribution in [0.4, 0.5) is 0 Å². The summed E-state index contributed by atoms with van der Waals surface area (Å²) >= 11 is 0. The van der Waals surface area contributed by atoms with Crippen molar-refractivity contribution in [1.82, 2.24) is 0 Å². The van der Waals surface area contributed by atoms with Crippen LogP contribution in [0.3, 0.4) is 0 Å². The molecule has 3 nitrogen and oxygen atoms in total. The summed E-state index contributed by atoms with van der Waals surface area (Å²) in [7, 11) is 0. The highest BCUT2D eigenvalue weighted by Gasteiger charge is 2.37. The first-order chi connectivity index (χ1) is 6.79. The van der Waals surface area contributed by atoms with Gasteiger partial charge in [-0.2, -0.15) is 0 Å². The van der Waals surface area contributed by atoms with Gasteiger partial charge >= 0.3 is 0 Å². The Morgan fingerprint density at radius 1 is 0.929 bits per heavy atom. The average Bonchev–Trinajstić information content (AvgIpc) is 2.12. The molecule has 1 saturated carbocycles. The second-order valence-electron chi connectivity index (χ2n) is 4.63. The molecule has 1 unspecified atom stereocenters. The van der Waals surface area contributed by atoms with E-state index < -0.39 is 6.29 Å². The molecule has 0 aromatic rings. The van der Waals surface area contributed by atoms with Crippen LogP contribution >= 0.6 is 0 Å². The maximum absolute atomic E-state index is 9.41. The Bertz CT molecular complexity index is 171. The van der Waals surface area contributed by atoms with E-state index in [-0.39, 0.29) is 5.92 Å². The van der Waals surface area contributed by atoms with Crippen molar-refractivity contribution >= 4 is 0 Å². The van der Waals surface area contributed by atoms with Crippen LogP contribution in [0.1, 0.15) is 32.1 Å². The molecule has 2 N–H and O–H groups in total. The number of ether oxygens (including phenoxy) is 1. The molecule has 82 valence electrons. The molecule has 1 aliphatic carbocycles. The summed E-state index contributed by atoms with van der Waals surface area (Å²) in [6.45, 7) is 1.58. The Balaban J connectivity index is 1.93. The lowest BCUT2D eigenvalue weighted by Gasteiger charge is -2.41. The molecule has 1 atom stereocenters. The second-order valence-corrected chi connectivity index (χ2v) is 4.63. The molecular formula is C11H20O3. The quantitative estimate of drug-likeness (QED) is 0.672. The molecule has 0 bridgehead atoms. The van der Waals surface area contributed by atoms with Crippen molar-refractivity contribution in [1.29, 1.82) is 0 Å². The van der Waals surface area contributed by atoms with Crippen LogP contribution in [-0.4, -0.2) is 29.7 Å². The Morgan fingerprint density at radius 3 is 1.93 bits per heavy atom. The third-order valence-corrected chi connectivity index (χ3v) is 3.85. The molecule has 1 saturated heterocycles. The van der Waals surface area contributed by atoms with E-state index in [4.69, 9.17) is 4.74 Å². The fourth-order valence-corrected chi connectivity index (χ4v) is 2.80. The monoisotopic (exact) mass is 200 g/mol. The van der Waals surface area contributed by atoms with E-state index in [0.717, 1.165) is 26.1 Å². The fourth-order valence-electron chi connectivity index (χ4n) is 2.80. The van der Waals surface area contributed by atoms with E-state index in [1.165, 1.54) is 19.3 Å². The first-order valence-electron chi connectivity index (χ1n) is 5.73. The number of aliphatic hydroxyl groups excluding tert-OH is 1. The minimum Gasteiger partial charge on any atom is -0.381 e. The molecule has 3 heteroatoms. The van der Waals surface area contributed by atoms with E-state index in [0.29, 0.717) is 11.8 Å². The Hall–Kier alpha value is -0.120. The highest BCUT2D eigenvalue weighted by Crippen LogP contribution is 2.41. The van der Waals surface area contributed by atoms with E-state index in [1.54, 1.807) is 0 Å². The Labute approximate surface area is 85.1 Å². The van der Waals surface area contributed by atoms with E-state index >= 15 is 0 Å². The molecule has 0 spiro atoms. The lowest BCUT2D eigenvalue weighted by Crippen LogP contribution is -2.39. The molecule has 2 fully saturated rings. The largest absolute Gasteiger partial charge is 0.381 e. The molecular weight excluding hydrogens is 180 g/mol. The lowest BCUT2D eigenvalue weighted by atomic mass is 9.68. The summed E-state index contributed by atoms with van der Waals surface area (Å²) in [5, 5.41) is 18.8. The summed E-state index contributed by atoms with van der Waals surface area (Å²) in [6, 6.07) is 0. The molecule has 1 aliphatic heterocycles. The molecule has 0 aromatic carbocycles. The predicted octanol–water partition coefficient (Wildman–Crippen LogP) is 1.14. The second kappa shape index (κ2) is 4.60. The zero-order chi connectivity index (χ0) is 9.97. The van der Waals surface area contributed by atoms with Gasteiger partial charge in [-0.05, 0) is 37.5 Å². The van der Waals surface area contributed by atoms with Gasteiger partial charge in [-0.1, -0.05) is 6.42 Å². The predicted molar refractivity (Wildman–Crippen MR) is 52.6 cm³/mol. The van der Waals surface area contributed by atoms with Crippen LogP contribution in [0.25, 0.3) is 0 Å². The minimum absolute atomic E-state index is 0.104. The molecule has 0 aromatic heterocycles. The van der Waals surface area contributed by atoms with Gasteiger partial charge in [0.2, 0.25) is 0 Å². The first kappa shape index (κ1) is 10.4. The van der Waals surface area contributed by atoms with Crippen molar-refractivity contribution < 1.29 is 14.9 Å². The van der Waals surface area contributed by atoms with Crippen LogP contribution in [0.15, 0.2) is 0 Å². The summed E-state index contributed by atoms with van der Waals surface area (Å²) in [5.74, 6) is 1.12. The van der Waals surface area contributed by atoms with E-state index in [2.05, 4.69) is 0 Å².